The first-order valence-corrected chi connectivity index (χ1v) is 10.3. The fourth-order valence-corrected chi connectivity index (χ4v) is 3.40. The number of benzene rings is 1. The monoisotopic (exact) mass is 419 g/mol. The summed E-state index contributed by atoms with van der Waals surface area (Å²) < 4.78 is 10.7. The van der Waals surface area contributed by atoms with Crippen LogP contribution in [0.25, 0.3) is 0 Å². The van der Waals surface area contributed by atoms with Gasteiger partial charge in [0, 0.05) is 20.0 Å². The fraction of sp³-hybridized carbons (Fsp3) is 0.591. The first-order chi connectivity index (χ1) is 14.1. The van der Waals surface area contributed by atoms with Crippen LogP contribution in [-0.4, -0.2) is 53.7 Å². The highest BCUT2D eigenvalue weighted by Gasteiger charge is 2.35. The zero-order valence-electron chi connectivity index (χ0n) is 18.5. The number of carbonyl (C=O) groups excluding carboxylic acids is 3. The lowest BCUT2D eigenvalue weighted by atomic mass is 9.85. The van der Waals surface area contributed by atoms with Gasteiger partial charge in [0.1, 0.15) is 12.2 Å². The smallest absolute Gasteiger partial charge is 0.429 e. The number of nitrogens with zero attached hydrogens (tertiary/aromatic N) is 2. The van der Waals surface area contributed by atoms with Crippen LogP contribution in [0.5, 0.6) is 0 Å². The van der Waals surface area contributed by atoms with Crippen molar-refractivity contribution >= 4 is 18.1 Å². The summed E-state index contributed by atoms with van der Waals surface area (Å²) in [5.74, 6) is 0.0225. The summed E-state index contributed by atoms with van der Waals surface area (Å²) in [6.07, 6.45) is 1.09. The first kappa shape index (κ1) is 23.5. The van der Waals surface area contributed by atoms with Crippen LogP contribution in [-0.2, 0) is 20.9 Å². The van der Waals surface area contributed by atoms with Crippen molar-refractivity contribution in [2.75, 3.05) is 14.1 Å². The van der Waals surface area contributed by atoms with Crippen LogP contribution in [0, 0.1) is 5.92 Å². The molecule has 0 radical (unpaired) electrons. The van der Waals surface area contributed by atoms with Gasteiger partial charge in [0.15, 0.2) is 0 Å². The van der Waals surface area contributed by atoms with E-state index < -0.39 is 17.8 Å². The van der Waals surface area contributed by atoms with E-state index >= 15 is 0 Å². The molecular formula is C22H33N3O5. The van der Waals surface area contributed by atoms with Crippen molar-refractivity contribution in [3.63, 3.8) is 0 Å². The number of hydrazine groups is 1. The summed E-state index contributed by atoms with van der Waals surface area (Å²) in [6, 6.07) is 9.03. The largest absolute Gasteiger partial charge is 0.443 e. The lowest BCUT2D eigenvalue weighted by molar-refractivity contribution is -0.134. The Hall–Kier alpha value is -2.77. The Morgan fingerprint density at radius 1 is 1.03 bits per heavy atom. The minimum Gasteiger partial charge on any atom is -0.443 e. The highest BCUT2D eigenvalue weighted by atomic mass is 16.6. The van der Waals surface area contributed by atoms with Crippen LogP contribution < -0.4 is 5.43 Å². The van der Waals surface area contributed by atoms with Crippen molar-refractivity contribution in [2.24, 2.45) is 5.92 Å². The van der Waals surface area contributed by atoms with Gasteiger partial charge in [-0.3, -0.25) is 4.79 Å². The molecule has 0 unspecified atom stereocenters. The lowest BCUT2D eigenvalue weighted by Gasteiger charge is -2.37. The van der Waals surface area contributed by atoms with E-state index in [4.69, 9.17) is 9.47 Å². The average Bonchev–Trinajstić information content (AvgIpc) is 2.69. The van der Waals surface area contributed by atoms with Crippen LogP contribution in [0.2, 0.25) is 0 Å². The van der Waals surface area contributed by atoms with Gasteiger partial charge < -0.3 is 14.4 Å². The SMILES string of the molecule is CN(C)C(=O)C1CCC(N(NC(=O)OCc2ccccc2)C(=O)OC(C)(C)C)CC1. The minimum atomic E-state index is -0.726. The number of hydrogen-bond donors (Lipinski definition) is 1. The molecule has 166 valence electrons. The predicted octanol–water partition coefficient (Wildman–Crippen LogP) is 3.71. The molecule has 0 spiro atoms. The molecule has 1 aromatic carbocycles. The van der Waals surface area contributed by atoms with Gasteiger partial charge in [-0.15, -0.1) is 0 Å². The van der Waals surface area contributed by atoms with E-state index in [1.165, 1.54) is 5.01 Å². The second kappa shape index (κ2) is 10.3. The van der Waals surface area contributed by atoms with E-state index in [-0.39, 0.29) is 24.5 Å². The number of nitrogens with one attached hydrogen (secondary N) is 1. The maximum atomic E-state index is 12.7. The van der Waals surface area contributed by atoms with Gasteiger partial charge in [-0.2, -0.15) is 0 Å². The second-order valence-electron chi connectivity index (χ2n) is 8.76. The number of rotatable bonds is 4. The van der Waals surface area contributed by atoms with Gasteiger partial charge in [0.25, 0.3) is 0 Å². The van der Waals surface area contributed by atoms with E-state index in [0.717, 1.165) is 5.56 Å². The lowest BCUT2D eigenvalue weighted by Crippen LogP contribution is -2.54. The Morgan fingerprint density at radius 2 is 1.63 bits per heavy atom. The molecule has 8 heteroatoms. The van der Waals surface area contributed by atoms with E-state index in [0.29, 0.717) is 25.7 Å². The molecule has 1 aromatic rings. The molecule has 1 fully saturated rings. The maximum Gasteiger partial charge on any atom is 0.429 e. The van der Waals surface area contributed by atoms with Crippen molar-refractivity contribution in [3.05, 3.63) is 35.9 Å². The molecule has 2 rings (SSSR count). The quantitative estimate of drug-likeness (QED) is 0.752. The molecule has 3 amide bonds. The molecule has 30 heavy (non-hydrogen) atoms. The zero-order valence-corrected chi connectivity index (χ0v) is 18.5. The number of hydrogen-bond acceptors (Lipinski definition) is 5. The molecule has 0 aromatic heterocycles. The van der Waals surface area contributed by atoms with Crippen LogP contribution >= 0.6 is 0 Å². The first-order valence-electron chi connectivity index (χ1n) is 10.3. The summed E-state index contributed by atoms with van der Waals surface area (Å²) in [5.41, 5.74) is 2.69. The molecule has 0 saturated heterocycles. The van der Waals surface area contributed by atoms with E-state index in [1.54, 1.807) is 39.8 Å². The van der Waals surface area contributed by atoms with Crippen molar-refractivity contribution in [1.29, 1.82) is 0 Å². The molecule has 1 aliphatic rings. The summed E-state index contributed by atoms with van der Waals surface area (Å²) in [5, 5.41) is 1.22. The molecule has 1 aliphatic carbocycles. The van der Waals surface area contributed by atoms with E-state index in [2.05, 4.69) is 5.43 Å². The Labute approximate surface area is 178 Å². The topological polar surface area (TPSA) is 88.2 Å². The summed E-state index contributed by atoms with van der Waals surface area (Å²) in [6.45, 7) is 5.40. The molecule has 0 atom stereocenters. The summed E-state index contributed by atoms with van der Waals surface area (Å²) in [7, 11) is 3.48. The Kier molecular flexibility index (Phi) is 8.08. The second-order valence-corrected chi connectivity index (χ2v) is 8.76. The van der Waals surface area contributed by atoms with Gasteiger partial charge in [-0.05, 0) is 52.0 Å². The van der Waals surface area contributed by atoms with Gasteiger partial charge >= 0.3 is 12.2 Å². The zero-order chi connectivity index (χ0) is 22.3. The predicted molar refractivity (Wildman–Crippen MR) is 112 cm³/mol. The minimum absolute atomic E-state index is 0.0678. The fourth-order valence-electron chi connectivity index (χ4n) is 3.40. The Morgan fingerprint density at radius 3 is 2.17 bits per heavy atom. The third-order valence-electron chi connectivity index (χ3n) is 4.87. The summed E-state index contributed by atoms with van der Waals surface area (Å²) in [4.78, 5) is 38.9. The van der Waals surface area contributed by atoms with Crippen molar-refractivity contribution in [1.82, 2.24) is 15.3 Å². The Bertz CT molecular complexity index is 722. The molecule has 0 bridgehead atoms. The summed E-state index contributed by atoms with van der Waals surface area (Å²) >= 11 is 0. The molecule has 0 heterocycles. The standard InChI is InChI=1S/C22H33N3O5/c1-22(2,3)30-21(28)25(18-13-11-17(12-14-18)19(26)24(4)5)23-20(27)29-15-16-9-7-6-8-10-16/h6-10,17-18H,11-15H2,1-5H3,(H,23,27). The van der Waals surface area contributed by atoms with Crippen molar-refractivity contribution in [2.45, 2.75) is 64.7 Å². The van der Waals surface area contributed by atoms with Crippen LogP contribution in [0.4, 0.5) is 9.59 Å². The van der Waals surface area contributed by atoms with Gasteiger partial charge in [0.05, 0.1) is 6.04 Å². The van der Waals surface area contributed by atoms with E-state index in [9.17, 15) is 14.4 Å². The number of carbonyl (C=O) groups is 3. The Balaban J connectivity index is 2.01. The number of ether oxygens (including phenoxy) is 2. The van der Waals surface area contributed by atoms with Gasteiger partial charge in [-0.1, -0.05) is 30.3 Å². The van der Waals surface area contributed by atoms with Gasteiger partial charge in [-0.25, -0.2) is 20.0 Å². The highest BCUT2D eigenvalue weighted by Crippen LogP contribution is 2.29. The molecule has 1 saturated carbocycles. The normalized spacial score (nSPS) is 18.8. The molecular weight excluding hydrogens is 386 g/mol. The van der Waals surface area contributed by atoms with E-state index in [1.807, 2.05) is 30.3 Å². The third-order valence-corrected chi connectivity index (χ3v) is 4.87. The number of amides is 3. The van der Waals surface area contributed by atoms with Crippen LogP contribution in [0.15, 0.2) is 30.3 Å². The highest BCUT2D eigenvalue weighted by molar-refractivity contribution is 5.78. The van der Waals surface area contributed by atoms with Crippen LogP contribution in [0.3, 0.4) is 0 Å². The van der Waals surface area contributed by atoms with Crippen molar-refractivity contribution < 1.29 is 23.9 Å². The molecule has 1 N–H and O–H groups in total. The average molecular weight is 420 g/mol. The maximum absolute atomic E-state index is 12.7. The van der Waals surface area contributed by atoms with Crippen LogP contribution in [0.1, 0.15) is 52.0 Å². The third kappa shape index (κ3) is 7.24. The molecule has 0 aliphatic heterocycles. The van der Waals surface area contributed by atoms with Gasteiger partial charge in [0.2, 0.25) is 5.91 Å². The van der Waals surface area contributed by atoms with Crippen molar-refractivity contribution in [3.8, 4) is 0 Å². The molecule has 8 nitrogen and oxygen atoms in total.